The van der Waals surface area contributed by atoms with E-state index >= 15 is 0 Å². The minimum Gasteiger partial charge on any atom is -0.388 e. The van der Waals surface area contributed by atoms with Crippen LogP contribution in [-0.4, -0.2) is 20.1 Å². The molecule has 6 heteroatoms. The molecule has 0 aliphatic heterocycles. The molecule has 1 heterocycles. The fourth-order valence-electron chi connectivity index (χ4n) is 2.25. The summed E-state index contributed by atoms with van der Waals surface area (Å²) >= 11 is 1.46. The van der Waals surface area contributed by atoms with Gasteiger partial charge in [-0.25, -0.2) is 13.1 Å². The molecule has 120 valence electrons. The van der Waals surface area contributed by atoms with E-state index < -0.39 is 16.1 Å². The fourth-order valence-corrected chi connectivity index (χ4v) is 4.36. The largest absolute Gasteiger partial charge is 0.388 e. The minimum absolute atomic E-state index is 0.202. The van der Waals surface area contributed by atoms with Gasteiger partial charge in [0.05, 0.1) is 11.0 Å². The van der Waals surface area contributed by atoms with Crippen LogP contribution in [0.5, 0.6) is 0 Å². The Hall–Kier alpha value is -1.21. The average Bonchev–Trinajstić information content (AvgIpc) is 2.96. The molecule has 0 unspecified atom stereocenters. The van der Waals surface area contributed by atoms with E-state index in [1.807, 2.05) is 37.4 Å². The topological polar surface area (TPSA) is 66.4 Å². The maximum absolute atomic E-state index is 12.4. The van der Waals surface area contributed by atoms with E-state index in [4.69, 9.17) is 0 Å². The highest BCUT2D eigenvalue weighted by Gasteiger charge is 2.18. The first-order valence-corrected chi connectivity index (χ1v) is 9.46. The van der Waals surface area contributed by atoms with E-state index in [0.717, 1.165) is 21.6 Å². The van der Waals surface area contributed by atoms with Gasteiger partial charge in [-0.05, 0) is 61.4 Å². The number of thiophene rings is 1. The highest BCUT2D eigenvalue weighted by Crippen LogP contribution is 2.22. The summed E-state index contributed by atoms with van der Waals surface area (Å²) in [6.45, 7) is 5.85. The fraction of sp³-hybridized carbons (Fsp3) is 0.375. The molecule has 0 bridgehead atoms. The van der Waals surface area contributed by atoms with Crippen molar-refractivity contribution in [3.63, 3.8) is 0 Å². The maximum atomic E-state index is 12.4. The molecule has 0 saturated carbocycles. The molecule has 0 aliphatic carbocycles. The number of hydrogen-bond donors (Lipinski definition) is 2. The summed E-state index contributed by atoms with van der Waals surface area (Å²) in [6.07, 6.45) is -0.285. The summed E-state index contributed by atoms with van der Waals surface area (Å²) in [5.74, 6) is 0. The predicted molar refractivity (Wildman–Crippen MR) is 89.7 cm³/mol. The molecule has 0 radical (unpaired) electrons. The van der Waals surface area contributed by atoms with Gasteiger partial charge < -0.3 is 5.11 Å². The van der Waals surface area contributed by atoms with Crippen LogP contribution in [0.3, 0.4) is 0 Å². The van der Waals surface area contributed by atoms with Gasteiger partial charge in [0.1, 0.15) is 0 Å². The third-order valence-electron chi connectivity index (χ3n) is 3.66. The number of aryl methyl sites for hydroxylation is 3. The molecule has 22 heavy (non-hydrogen) atoms. The van der Waals surface area contributed by atoms with Crippen LogP contribution in [-0.2, 0) is 10.0 Å². The molecule has 0 amide bonds. The summed E-state index contributed by atoms with van der Waals surface area (Å²) < 4.78 is 27.4. The van der Waals surface area contributed by atoms with Crippen molar-refractivity contribution in [3.8, 4) is 0 Å². The normalized spacial score (nSPS) is 13.3. The SMILES string of the molecule is Cc1cc(C)c(S(=O)(=O)NCC[C@@H](O)c2cccs2)cc1C. The van der Waals surface area contributed by atoms with Crippen molar-refractivity contribution in [2.45, 2.75) is 38.2 Å². The van der Waals surface area contributed by atoms with E-state index in [0.29, 0.717) is 11.3 Å². The van der Waals surface area contributed by atoms with Gasteiger partial charge in [0.2, 0.25) is 10.0 Å². The zero-order chi connectivity index (χ0) is 16.3. The zero-order valence-corrected chi connectivity index (χ0v) is 14.6. The number of rotatable bonds is 6. The maximum Gasteiger partial charge on any atom is 0.240 e. The van der Waals surface area contributed by atoms with Gasteiger partial charge in [-0.15, -0.1) is 11.3 Å². The van der Waals surface area contributed by atoms with Crippen LogP contribution in [0.25, 0.3) is 0 Å². The van der Waals surface area contributed by atoms with Gasteiger partial charge in [0.15, 0.2) is 0 Å². The zero-order valence-electron chi connectivity index (χ0n) is 13.0. The summed E-state index contributed by atoms with van der Waals surface area (Å²) in [5, 5.41) is 11.9. The number of aliphatic hydroxyl groups is 1. The Morgan fingerprint density at radius 1 is 1.18 bits per heavy atom. The summed E-state index contributed by atoms with van der Waals surface area (Å²) in [7, 11) is -3.55. The highest BCUT2D eigenvalue weighted by atomic mass is 32.2. The Morgan fingerprint density at radius 2 is 1.86 bits per heavy atom. The van der Waals surface area contributed by atoms with Crippen LogP contribution >= 0.6 is 11.3 Å². The quantitative estimate of drug-likeness (QED) is 0.850. The lowest BCUT2D eigenvalue weighted by molar-refractivity contribution is 0.173. The monoisotopic (exact) mass is 339 g/mol. The van der Waals surface area contributed by atoms with Crippen molar-refractivity contribution in [2.75, 3.05) is 6.54 Å². The molecule has 2 N–H and O–H groups in total. The molecule has 0 saturated heterocycles. The number of aliphatic hydroxyl groups excluding tert-OH is 1. The van der Waals surface area contributed by atoms with Gasteiger partial charge in [0, 0.05) is 11.4 Å². The molecule has 1 aromatic carbocycles. The highest BCUT2D eigenvalue weighted by molar-refractivity contribution is 7.89. The third-order valence-corrected chi connectivity index (χ3v) is 6.24. The first kappa shape index (κ1) is 17.1. The second-order valence-electron chi connectivity index (χ2n) is 5.42. The first-order chi connectivity index (χ1) is 10.3. The first-order valence-electron chi connectivity index (χ1n) is 7.10. The number of benzene rings is 1. The van der Waals surface area contributed by atoms with Crippen LogP contribution in [0.15, 0.2) is 34.5 Å². The van der Waals surface area contributed by atoms with Gasteiger partial charge in [-0.3, -0.25) is 0 Å². The smallest absolute Gasteiger partial charge is 0.240 e. The van der Waals surface area contributed by atoms with Crippen molar-refractivity contribution in [1.29, 1.82) is 0 Å². The lowest BCUT2D eigenvalue weighted by atomic mass is 10.1. The molecule has 0 aliphatic rings. The van der Waals surface area contributed by atoms with Crippen molar-refractivity contribution < 1.29 is 13.5 Å². The van der Waals surface area contributed by atoms with E-state index in [9.17, 15) is 13.5 Å². The number of nitrogens with one attached hydrogen (secondary N) is 1. The van der Waals surface area contributed by atoms with Crippen LogP contribution in [0.2, 0.25) is 0 Å². The summed E-state index contributed by atoms with van der Waals surface area (Å²) in [5.41, 5.74) is 2.75. The molecule has 1 aromatic heterocycles. The lowest BCUT2D eigenvalue weighted by Gasteiger charge is -2.13. The number of hydrogen-bond acceptors (Lipinski definition) is 4. The summed E-state index contributed by atoms with van der Waals surface area (Å²) in [4.78, 5) is 1.16. The van der Waals surface area contributed by atoms with E-state index in [-0.39, 0.29) is 6.54 Å². The Labute approximate surface area is 135 Å². The Bertz CT molecular complexity index is 737. The van der Waals surface area contributed by atoms with Crippen LogP contribution < -0.4 is 4.72 Å². The molecule has 2 aromatic rings. The van der Waals surface area contributed by atoms with Crippen molar-refractivity contribution in [3.05, 3.63) is 51.2 Å². The van der Waals surface area contributed by atoms with Crippen molar-refractivity contribution in [2.24, 2.45) is 0 Å². The van der Waals surface area contributed by atoms with E-state index in [1.54, 1.807) is 13.0 Å². The standard InChI is InChI=1S/C16H21NO3S2/c1-11-9-13(3)16(10-12(11)2)22(19,20)17-7-6-14(18)15-5-4-8-21-15/h4-5,8-10,14,17-18H,6-7H2,1-3H3/t14-/m1/s1. The van der Waals surface area contributed by atoms with Gasteiger partial charge >= 0.3 is 0 Å². The molecular weight excluding hydrogens is 318 g/mol. The predicted octanol–water partition coefficient (Wildman–Crippen LogP) is 3.08. The van der Waals surface area contributed by atoms with Crippen LogP contribution in [0.1, 0.15) is 34.1 Å². The second-order valence-corrected chi connectivity index (χ2v) is 8.13. The lowest BCUT2D eigenvalue weighted by Crippen LogP contribution is -2.26. The Morgan fingerprint density at radius 3 is 2.50 bits per heavy atom. The van der Waals surface area contributed by atoms with Gasteiger partial charge in [-0.2, -0.15) is 0 Å². The van der Waals surface area contributed by atoms with Crippen LogP contribution in [0.4, 0.5) is 0 Å². The Balaban J connectivity index is 2.04. The molecule has 1 atom stereocenters. The minimum atomic E-state index is -3.55. The molecule has 0 spiro atoms. The van der Waals surface area contributed by atoms with Crippen molar-refractivity contribution in [1.82, 2.24) is 4.72 Å². The van der Waals surface area contributed by atoms with E-state index in [1.165, 1.54) is 11.3 Å². The Kier molecular flexibility index (Phi) is 5.39. The molecule has 2 rings (SSSR count). The number of sulfonamides is 1. The second kappa shape index (κ2) is 6.91. The third kappa shape index (κ3) is 3.95. The average molecular weight is 339 g/mol. The van der Waals surface area contributed by atoms with E-state index in [2.05, 4.69) is 4.72 Å². The molecular formula is C16H21NO3S2. The van der Waals surface area contributed by atoms with Gasteiger partial charge in [-0.1, -0.05) is 12.1 Å². The molecule has 0 fully saturated rings. The van der Waals surface area contributed by atoms with Crippen LogP contribution in [0, 0.1) is 20.8 Å². The summed E-state index contributed by atoms with van der Waals surface area (Å²) in [6, 6.07) is 7.29. The molecule has 4 nitrogen and oxygen atoms in total. The van der Waals surface area contributed by atoms with Gasteiger partial charge in [0.25, 0.3) is 0 Å². The van der Waals surface area contributed by atoms with Crippen molar-refractivity contribution >= 4 is 21.4 Å².